The van der Waals surface area contributed by atoms with E-state index in [1.54, 1.807) is 0 Å². The Bertz CT molecular complexity index is 585. The van der Waals surface area contributed by atoms with Crippen molar-refractivity contribution in [3.8, 4) is 0 Å². The van der Waals surface area contributed by atoms with Crippen molar-refractivity contribution < 1.29 is 9.32 Å². The fourth-order valence-corrected chi connectivity index (χ4v) is 4.10. The van der Waals surface area contributed by atoms with Crippen LogP contribution in [0.1, 0.15) is 78.4 Å². The van der Waals surface area contributed by atoms with Crippen molar-refractivity contribution in [1.29, 1.82) is 0 Å². The average Bonchev–Trinajstić information content (AvgIpc) is 3.13. The molecule has 1 heterocycles. The van der Waals surface area contributed by atoms with E-state index < -0.39 is 5.54 Å². The van der Waals surface area contributed by atoms with Gasteiger partial charge in [-0.3, -0.25) is 4.79 Å². The summed E-state index contributed by atoms with van der Waals surface area (Å²) in [4.78, 5) is 17.0. The summed E-state index contributed by atoms with van der Waals surface area (Å²) < 4.78 is 5.36. The van der Waals surface area contributed by atoms with Gasteiger partial charge in [-0.1, -0.05) is 32.3 Å². The van der Waals surface area contributed by atoms with E-state index in [1.807, 2.05) is 34.6 Å². The Morgan fingerprint density at radius 2 is 1.96 bits per heavy atom. The van der Waals surface area contributed by atoms with Crippen molar-refractivity contribution >= 4 is 5.91 Å². The second kappa shape index (κ2) is 5.60. The molecule has 1 aromatic heterocycles. The van der Waals surface area contributed by atoms with Crippen molar-refractivity contribution in [3.63, 3.8) is 0 Å². The van der Waals surface area contributed by atoms with Gasteiger partial charge in [0.2, 0.25) is 11.8 Å². The molecule has 0 spiro atoms. The van der Waals surface area contributed by atoms with Crippen molar-refractivity contribution in [1.82, 2.24) is 15.5 Å². The number of nitrogens with zero attached hydrogens (tertiary/aromatic N) is 2. The molecule has 2 aliphatic rings. The summed E-state index contributed by atoms with van der Waals surface area (Å²) in [6.07, 6.45) is 5.88. The minimum Gasteiger partial charge on any atom is -0.344 e. The molecule has 2 fully saturated rings. The molecule has 2 bridgehead atoms. The Morgan fingerprint density at radius 1 is 1.22 bits per heavy atom. The number of amides is 1. The van der Waals surface area contributed by atoms with Crippen LogP contribution in [0.25, 0.3) is 0 Å². The highest BCUT2D eigenvalue weighted by Crippen LogP contribution is 2.49. The lowest BCUT2D eigenvalue weighted by Crippen LogP contribution is -2.42. The largest absolute Gasteiger partial charge is 0.344 e. The predicted octanol–water partition coefficient (Wildman–Crippen LogP) is 3.54. The van der Waals surface area contributed by atoms with Crippen molar-refractivity contribution in [3.05, 3.63) is 11.7 Å². The normalized spacial score (nSPS) is 27.4. The van der Waals surface area contributed by atoms with Gasteiger partial charge in [0.1, 0.15) is 0 Å². The van der Waals surface area contributed by atoms with Gasteiger partial charge in [-0.05, 0) is 50.9 Å². The quantitative estimate of drug-likeness (QED) is 0.921. The number of carbonyl (C=O) groups is 1. The van der Waals surface area contributed by atoms with Gasteiger partial charge in [0.15, 0.2) is 5.82 Å². The van der Waals surface area contributed by atoms with E-state index in [9.17, 15) is 4.79 Å². The first-order chi connectivity index (χ1) is 10.6. The lowest BCUT2D eigenvalue weighted by Gasteiger charge is -2.26. The summed E-state index contributed by atoms with van der Waals surface area (Å²) in [6.45, 7) is 9.97. The molecule has 0 saturated heterocycles. The number of carbonyl (C=O) groups excluding carboxylic acids is 1. The highest BCUT2D eigenvalue weighted by atomic mass is 16.5. The monoisotopic (exact) mass is 319 g/mol. The number of hydrogen-bond acceptors (Lipinski definition) is 4. The summed E-state index contributed by atoms with van der Waals surface area (Å²) >= 11 is 0. The molecule has 3 rings (SSSR count). The van der Waals surface area contributed by atoms with E-state index in [4.69, 9.17) is 4.52 Å². The maximum Gasteiger partial charge on any atom is 0.232 e. The molecule has 1 N–H and O–H groups in total. The lowest BCUT2D eigenvalue weighted by atomic mass is 9.86. The van der Waals surface area contributed by atoms with E-state index >= 15 is 0 Å². The maximum absolute atomic E-state index is 12.5. The third-order valence-corrected chi connectivity index (χ3v) is 5.41. The van der Waals surface area contributed by atoms with Crippen LogP contribution in [0.5, 0.6) is 0 Å². The predicted molar refractivity (Wildman–Crippen MR) is 87.7 cm³/mol. The van der Waals surface area contributed by atoms with Gasteiger partial charge >= 0.3 is 0 Å². The van der Waals surface area contributed by atoms with Gasteiger partial charge in [-0.25, -0.2) is 0 Å². The van der Waals surface area contributed by atoms with Gasteiger partial charge < -0.3 is 9.84 Å². The maximum atomic E-state index is 12.5. The first-order valence-corrected chi connectivity index (χ1v) is 8.81. The standard InChI is InChI=1S/C18H29N3O2/c1-17(2,3)16-19-15(21-23-16)18(4,5)20-14(22)10-13-9-11-6-7-12(13)8-11/h11-13H,6-10H2,1-5H3,(H,20,22). The summed E-state index contributed by atoms with van der Waals surface area (Å²) in [5, 5.41) is 7.18. The molecular weight excluding hydrogens is 290 g/mol. The molecule has 0 aromatic carbocycles. The topological polar surface area (TPSA) is 68.0 Å². The summed E-state index contributed by atoms with van der Waals surface area (Å²) in [5.74, 6) is 3.46. The number of fused-ring (bicyclic) bond motifs is 2. The van der Waals surface area contributed by atoms with Gasteiger partial charge in [-0.15, -0.1) is 0 Å². The molecule has 3 unspecified atom stereocenters. The number of aromatic nitrogens is 2. The zero-order valence-corrected chi connectivity index (χ0v) is 15.0. The molecular formula is C18H29N3O2. The SMILES string of the molecule is CC(C)(C)c1nc(C(C)(C)NC(=O)CC2CC3CCC2C3)no1. The lowest BCUT2D eigenvalue weighted by molar-refractivity contribution is -0.124. The highest BCUT2D eigenvalue weighted by molar-refractivity contribution is 5.77. The molecule has 3 atom stereocenters. The van der Waals surface area contributed by atoms with Crippen LogP contribution in [0.3, 0.4) is 0 Å². The van der Waals surface area contributed by atoms with Crippen LogP contribution in [0.4, 0.5) is 0 Å². The van der Waals surface area contributed by atoms with Gasteiger partial charge in [0.25, 0.3) is 0 Å². The Hall–Kier alpha value is -1.39. The molecule has 0 aliphatic heterocycles. The van der Waals surface area contributed by atoms with E-state index in [0.29, 0.717) is 24.1 Å². The van der Waals surface area contributed by atoms with E-state index in [-0.39, 0.29) is 11.3 Å². The highest BCUT2D eigenvalue weighted by Gasteiger charge is 2.41. The van der Waals surface area contributed by atoms with Crippen LogP contribution in [-0.2, 0) is 15.7 Å². The molecule has 23 heavy (non-hydrogen) atoms. The molecule has 5 heteroatoms. The van der Waals surface area contributed by atoms with E-state index in [0.717, 1.165) is 11.8 Å². The summed E-state index contributed by atoms with van der Waals surface area (Å²) in [6, 6.07) is 0. The second-order valence-corrected chi connectivity index (χ2v) is 8.99. The first kappa shape index (κ1) is 16.5. The molecule has 1 aromatic rings. The zero-order valence-electron chi connectivity index (χ0n) is 15.0. The van der Waals surface area contributed by atoms with Gasteiger partial charge in [-0.2, -0.15) is 4.98 Å². The van der Waals surface area contributed by atoms with E-state index in [1.165, 1.54) is 25.7 Å². The van der Waals surface area contributed by atoms with Crippen LogP contribution in [0.2, 0.25) is 0 Å². The number of rotatable bonds is 4. The Labute approximate surface area is 138 Å². The van der Waals surface area contributed by atoms with Crippen LogP contribution in [0.15, 0.2) is 4.52 Å². The molecule has 1 amide bonds. The first-order valence-electron chi connectivity index (χ1n) is 8.81. The minimum absolute atomic E-state index is 0.106. The fraction of sp³-hybridized carbons (Fsp3) is 0.833. The van der Waals surface area contributed by atoms with Crippen LogP contribution >= 0.6 is 0 Å². The van der Waals surface area contributed by atoms with Crippen LogP contribution in [-0.4, -0.2) is 16.0 Å². The average molecular weight is 319 g/mol. The molecule has 5 nitrogen and oxygen atoms in total. The molecule has 128 valence electrons. The van der Waals surface area contributed by atoms with Gasteiger partial charge in [0.05, 0.1) is 5.54 Å². The smallest absolute Gasteiger partial charge is 0.232 e. The summed E-state index contributed by atoms with van der Waals surface area (Å²) in [7, 11) is 0. The third-order valence-electron chi connectivity index (χ3n) is 5.41. The Morgan fingerprint density at radius 3 is 2.48 bits per heavy atom. The zero-order chi connectivity index (χ0) is 16.8. The van der Waals surface area contributed by atoms with Crippen molar-refractivity contribution in [2.75, 3.05) is 0 Å². The van der Waals surface area contributed by atoms with Crippen molar-refractivity contribution in [2.45, 2.75) is 77.7 Å². The van der Waals surface area contributed by atoms with Crippen LogP contribution in [0, 0.1) is 17.8 Å². The van der Waals surface area contributed by atoms with Crippen LogP contribution < -0.4 is 5.32 Å². The number of hydrogen-bond donors (Lipinski definition) is 1. The molecule has 2 saturated carbocycles. The summed E-state index contributed by atoms with van der Waals surface area (Å²) in [5.41, 5.74) is -0.796. The molecule has 2 aliphatic carbocycles. The van der Waals surface area contributed by atoms with Crippen molar-refractivity contribution in [2.24, 2.45) is 17.8 Å². The third kappa shape index (κ3) is 3.43. The Balaban J connectivity index is 1.61. The Kier molecular flexibility index (Phi) is 4.01. The van der Waals surface area contributed by atoms with Gasteiger partial charge in [0, 0.05) is 11.8 Å². The molecule has 0 radical (unpaired) electrons. The second-order valence-electron chi connectivity index (χ2n) is 8.99. The number of nitrogens with one attached hydrogen (secondary N) is 1. The fourth-order valence-electron chi connectivity index (χ4n) is 4.10. The van der Waals surface area contributed by atoms with E-state index in [2.05, 4.69) is 15.5 Å². The minimum atomic E-state index is -0.609.